The van der Waals surface area contributed by atoms with E-state index in [9.17, 15) is 9.90 Å². The topological polar surface area (TPSA) is 66.0 Å². The number of aliphatic hydroxyl groups is 1. The van der Waals surface area contributed by atoms with E-state index < -0.39 is 5.41 Å². The zero-order valence-corrected chi connectivity index (χ0v) is 14.8. The number of aliphatic hydroxyl groups excluding tert-OH is 1. The average Bonchev–Trinajstić information content (AvgIpc) is 3.01. The molecule has 0 saturated heterocycles. The Kier molecular flexibility index (Phi) is 4.21. The van der Waals surface area contributed by atoms with Crippen LogP contribution in [0.1, 0.15) is 40.5 Å². The third-order valence-electron chi connectivity index (χ3n) is 5.23. The number of rotatable bonds is 4. The van der Waals surface area contributed by atoms with E-state index in [-0.39, 0.29) is 12.4 Å². The number of nitrogens with zero attached hydrogens (tertiary/aromatic N) is 1. The normalized spacial score (nSPS) is 19.4. The van der Waals surface area contributed by atoms with Gasteiger partial charge in [0.15, 0.2) is 5.78 Å². The average molecular weight is 346 g/mol. The molecule has 1 aliphatic carbocycles. The standard InChI is InChI=1S/C22H22N2O2/c1-22(14-25)12-18-20(19(26)13-22)17(11-15-5-3-2-4-6-15)21(24-18)16-7-9-23-10-8-16/h2-10,24-25H,11-14H2,1H3. The second-order valence-electron chi connectivity index (χ2n) is 7.48. The van der Waals surface area contributed by atoms with Crippen molar-refractivity contribution < 1.29 is 9.90 Å². The van der Waals surface area contributed by atoms with Crippen LogP contribution < -0.4 is 0 Å². The van der Waals surface area contributed by atoms with Crippen LogP contribution in [-0.4, -0.2) is 27.5 Å². The van der Waals surface area contributed by atoms with Crippen molar-refractivity contribution in [1.29, 1.82) is 0 Å². The van der Waals surface area contributed by atoms with Gasteiger partial charge in [-0.2, -0.15) is 0 Å². The predicted molar refractivity (Wildman–Crippen MR) is 101 cm³/mol. The van der Waals surface area contributed by atoms with E-state index in [0.717, 1.165) is 28.1 Å². The molecule has 2 N–H and O–H groups in total. The lowest BCUT2D eigenvalue weighted by Crippen LogP contribution is -2.33. The first kappa shape index (κ1) is 16.7. The van der Waals surface area contributed by atoms with Crippen LogP contribution in [0.2, 0.25) is 0 Å². The highest BCUT2D eigenvalue weighted by Gasteiger charge is 2.37. The van der Waals surface area contributed by atoms with Crippen LogP contribution in [0.5, 0.6) is 0 Å². The number of aromatic nitrogens is 2. The SMILES string of the molecule is CC1(CO)CC(=O)c2c([nH]c(-c3ccncc3)c2Cc2ccccc2)C1. The highest BCUT2D eigenvalue weighted by atomic mass is 16.3. The van der Waals surface area contributed by atoms with E-state index in [1.807, 2.05) is 37.3 Å². The molecule has 0 bridgehead atoms. The molecule has 1 aromatic carbocycles. The summed E-state index contributed by atoms with van der Waals surface area (Å²) in [7, 11) is 0. The van der Waals surface area contributed by atoms with Crippen LogP contribution in [-0.2, 0) is 12.8 Å². The van der Waals surface area contributed by atoms with Crippen molar-refractivity contribution in [3.05, 3.63) is 77.2 Å². The molecule has 0 fully saturated rings. The van der Waals surface area contributed by atoms with Crippen molar-refractivity contribution in [2.45, 2.75) is 26.2 Å². The summed E-state index contributed by atoms with van der Waals surface area (Å²) in [6.07, 6.45) is 5.29. The largest absolute Gasteiger partial charge is 0.396 e. The monoisotopic (exact) mass is 346 g/mol. The summed E-state index contributed by atoms with van der Waals surface area (Å²) in [4.78, 5) is 20.6. The molecule has 0 amide bonds. The van der Waals surface area contributed by atoms with Gasteiger partial charge < -0.3 is 10.1 Å². The molecule has 1 unspecified atom stereocenters. The first-order valence-electron chi connectivity index (χ1n) is 8.92. The van der Waals surface area contributed by atoms with Gasteiger partial charge in [-0.15, -0.1) is 0 Å². The first-order valence-corrected chi connectivity index (χ1v) is 8.92. The maximum absolute atomic E-state index is 13.0. The zero-order chi connectivity index (χ0) is 18.1. The van der Waals surface area contributed by atoms with E-state index in [2.05, 4.69) is 22.1 Å². The van der Waals surface area contributed by atoms with Gasteiger partial charge in [-0.3, -0.25) is 9.78 Å². The number of hydrogen-bond donors (Lipinski definition) is 2. The van der Waals surface area contributed by atoms with Gasteiger partial charge in [0.1, 0.15) is 0 Å². The van der Waals surface area contributed by atoms with E-state index in [4.69, 9.17) is 0 Å². The number of nitrogens with one attached hydrogen (secondary N) is 1. The fraction of sp³-hybridized carbons (Fsp3) is 0.273. The number of carbonyl (C=O) groups excluding carboxylic acids is 1. The number of aromatic amines is 1. The minimum atomic E-state index is -0.394. The Labute approximate surface area is 152 Å². The molecule has 4 rings (SSSR count). The van der Waals surface area contributed by atoms with Crippen LogP contribution in [0, 0.1) is 5.41 Å². The van der Waals surface area contributed by atoms with Crippen molar-refractivity contribution in [2.75, 3.05) is 6.61 Å². The minimum absolute atomic E-state index is 0.00973. The summed E-state index contributed by atoms with van der Waals surface area (Å²) < 4.78 is 0. The number of ketones is 1. The van der Waals surface area contributed by atoms with Gasteiger partial charge in [0.2, 0.25) is 0 Å². The predicted octanol–water partition coefficient (Wildman–Crippen LogP) is 3.80. The summed E-state index contributed by atoms with van der Waals surface area (Å²) in [5, 5.41) is 9.75. The van der Waals surface area contributed by atoms with Crippen molar-refractivity contribution >= 4 is 5.78 Å². The number of hydrogen-bond acceptors (Lipinski definition) is 3. The van der Waals surface area contributed by atoms with E-state index in [1.165, 1.54) is 5.56 Å². The highest BCUT2D eigenvalue weighted by molar-refractivity contribution is 6.02. The molecule has 4 heteroatoms. The minimum Gasteiger partial charge on any atom is -0.396 e. The van der Waals surface area contributed by atoms with Gasteiger partial charge in [0, 0.05) is 54.1 Å². The molecule has 4 nitrogen and oxygen atoms in total. The highest BCUT2D eigenvalue weighted by Crippen LogP contribution is 2.40. The zero-order valence-electron chi connectivity index (χ0n) is 14.8. The summed E-state index contributed by atoms with van der Waals surface area (Å²) in [6.45, 7) is 1.98. The van der Waals surface area contributed by atoms with Crippen molar-refractivity contribution in [3.63, 3.8) is 0 Å². The van der Waals surface area contributed by atoms with E-state index >= 15 is 0 Å². The van der Waals surface area contributed by atoms with Gasteiger partial charge in [-0.05, 0) is 29.7 Å². The maximum atomic E-state index is 13.0. The Morgan fingerprint density at radius 3 is 2.54 bits per heavy atom. The lowest BCUT2D eigenvalue weighted by Gasteiger charge is -2.30. The molecule has 0 aliphatic heterocycles. The number of H-pyrrole nitrogens is 1. The Bertz CT molecular complexity index is 932. The molecule has 0 spiro atoms. The van der Waals surface area contributed by atoms with Crippen LogP contribution in [0.3, 0.4) is 0 Å². The van der Waals surface area contributed by atoms with Gasteiger partial charge in [-0.25, -0.2) is 0 Å². The van der Waals surface area contributed by atoms with Crippen LogP contribution in [0.15, 0.2) is 54.9 Å². The molecular formula is C22H22N2O2. The summed E-state index contributed by atoms with van der Waals surface area (Å²) in [5.41, 5.74) is 5.59. The van der Waals surface area contributed by atoms with E-state index in [1.54, 1.807) is 12.4 Å². The quantitative estimate of drug-likeness (QED) is 0.755. The van der Waals surface area contributed by atoms with E-state index in [0.29, 0.717) is 19.3 Å². The smallest absolute Gasteiger partial charge is 0.165 e. The third-order valence-corrected chi connectivity index (χ3v) is 5.23. The van der Waals surface area contributed by atoms with Crippen LogP contribution in [0.4, 0.5) is 0 Å². The molecule has 0 radical (unpaired) electrons. The first-order chi connectivity index (χ1) is 12.6. The number of fused-ring (bicyclic) bond motifs is 1. The fourth-order valence-corrected chi connectivity index (χ4v) is 3.88. The molecule has 132 valence electrons. The van der Waals surface area contributed by atoms with Gasteiger partial charge in [0.25, 0.3) is 0 Å². The fourth-order valence-electron chi connectivity index (χ4n) is 3.88. The molecule has 26 heavy (non-hydrogen) atoms. The number of Topliss-reactive ketones (excluding diaryl/α,β-unsaturated/α-hetero) is 1. The second kappa shape index (κ2) is 6.54. The van der Waals surface area contributed by atoms with Gasteiger partial charge in [0.05, 0.1) is 5.69 Å². The van der Waals surface area contributed by atoms with Crippen LogP contribution >= 0.6 is 0 Å². The second-order valence-corrected chi connectivity index (χ2v) is 7.48. The lowest BCUT2D eigenvalue weighted by molar-refractivity contribution is 0.0784. The molecule has 1 aliphatic rings. The molecule has 2 heterocycles. The summed E-state index contributed by atoms with van der Waals surface area (Å²) in [5.74, 6) is 0.116. The summed E-state index contributed by atoms with van der Waals surface area (Å²) in [6, 6.07) is 14.1. The van der Waals surface area contributed by atoms with Gasteiger partial charge in [-0.1, -0.05) is 37.3 Å². The Morgan fingerprint density at radius 2 is 1.85 bits per heavy atom. The third kappa shape index (κ3) is 2.97. The number of carbonyl (C=O) groups is 1. The number of pyridine rings is 1. The molecule has 3 aromatic rings. The molecular weight excluding hydrogens is 324 g/mol. The lowest BCUT2D eigenvalue weighted by atomic mass is 9.74. The Hall–Kier alpha value is -2.72. The van der Waals surface area contributed by atoms with Crippen molar-refractivity contribution in [2.24, 2.45) is 5.41 Å². The Morgan fingerprint density at radius 1 is 1.12 bits per heavy atom. The van der Waals surface area contributed by atoms with Crippen molar-refractivity contribution in [1.82, 2.24) is 9.97 Å². The summed E-state index contributed by atoms with van der Waals surface area (Å²) >= 11 is 0. The maximum Gasteiger partial charge on any atom is 0.165 e. The van der Waals surface area contributed by atoms with Crippen molar-refractivity contribution in [3.8, 4) is 11.3 Å². The molecule has 0 saturated carbocycles. The number of benzene rings is 1. The Balaban J connectivity index is 1.87. The molecule has 2 aromatic heterocycles. The van der Waals surface area contributed by atoms with Gasteiger partial charge >= 0.3 is 0 Å². The van der Waals surface area contributed by atoms with Crippen LogP contribution in [0.25, 0.3) is 11.3 Å². The molecule has 1 atom stereocenters.